The van der Waals surface area contributed by atoms with E-state index in [2.05, 4.69) is 27.0 Å². The Bertz CT molecular complexity index is 925. The molecule has 4 rings (SSSR count). The standard InChI is InChI=1S/C24H31N5O3/c1-2-27-11-13-28(14-12-27)22-8-7-19(17-25-22)18-26-23(30)9-10-24(31)29-15-16-32-21-6-4-3-5-20(21)29/h3-8,17H,2,9-16,18H2,1H3,(H,26,30). The van der Waals surface area contributed by atoms with Crippen molar-refractivity contribution >= 4 is 23.3 Å². The molecule has 1 fully saturated rings. The van der Waals surface area contributed by atoms with Crippen LogP contribution in [0, 0.1) is 0 Å². The van der Waals surface area contributed by atoms with Crippen molar-refractivity contribution in [3.05, 3.63) is 48.2 Å². The summed E-state index contributed by atoms with van der Waals surface area (Å²) in [6.07, 6.45) is 2.14. The molecule has 2 aliphatic rings. The van der Waals surface area contributed by atoms with Crippen LogP contribution >= 0.6 is 0 Å². The molecule has 0 bridgehead atoms. The van der Waals surface area contributed by atoms with E-state index in [4.69, 9.17) is 4.74 Å². The van der Waals surface area contributed by atoms with Crippen LogP contribution in [0.5, 0.6) is 5.75 Å². The molecule has 0 aliphatic carbocycles. The summed E-state index contributed by atoms with van der Waals surface area (Å²) in [6, 6.07) is 11.5. The largest absolute Gasteiger partial charge is 0.490 e. The molecule has 0 saturated carbocycles. The molecular weight excluding hydrogens is 406 g/mol. The highest BCUT2D eigenvalue weighted by Crippen LogP contribution is 2.31. The highest BCUT2D eigenvalue weighted by Gasteiger charge is 2.23. The van der Waals surface area contributed by atoms with Crippen molar-refractivity contribution in [1.29, 1.82) is 0 Å². The average molecular weight is 438 g/mol. The second-order valence-corrected chi connectivity index (χ2v) is 8.08. The van der Waals surface area contributed by atoms with E-state index in [0.29, 0.717) is 25.4 Å². The molecule has 8 nitrogen and oxygen atoms in total. The Morgan fingerprint density at radius 2 is 1.84 bits per heavy atom. The Kier molecular flexibility index (Phi) is 7.21. The summed E-state index contributed by atoms with van der Waals surface area (Å²) in [6.45, 7) is 8.74. The van der Waals surface area contributed by atoms with Gasteiger partial charge < -0.3 is 24.8 Å². The van der Waals surface area contributed by atoms with Crippen LogP contribution in [-0.4, -0.2) is 67.6 Å². The number of hydrogen-bond acceptors (Lipinski definition) is 6. The van der Waals surface area contributed by atoms with Gasteiger partial charge in [0, 0.05) is 51.8 Å². The monoisotopic (exact) mass is 437 g/mol. The number of nitrogens with zero attached hydrogens (tertiary/aromatic N) is 4. The predicted molar refractivity (Wildman–Crippen MR) is 124 cm³/mol. The van der Waals surface area contributed by atoms with E-state index in [1.165, 1.54) is 0 Å². The average Bonchev–Trinajstić information content (AvgIpc) is 2.86. The number of carbonyl (C=O) groups is 2. The predicted octanol–water partition coefficient (Wildman–Crippen LogP) is 2.05. The number of fused-ring (bicyclic) bond motifs is 1. The lowest BCUT2D eigenvalue weighted by atomic mass is 10.2. The molecule has 2 aliphatic heterocycles. The minimum Gasteiger partial charge on any atom is -0.490 e. The highest BCUT2D eigenvalue weighted by molar-refractivity contribution is 5.97. The van der Waals surface area contributed by atoms with Gasteiger partial charge in [0.15, 0.2) is 0 Å². The smallest absolute Gasteiger partial charge is 0.227 e. The molecule has 1 aromatic carbocycles. The van der Waals surface area contributed by atoms with Crippen molar-refractivity contribution in [2.75, 3.05) is 55.7 Å². The lowest BCUT2D eigenvalue weighted by molar-refractivity contribution is -0.125. The van der Waals surface area contributed by atoms with Crippen LogP contribution in [-0.2, 0) is 16.1 Å². The van der Waals surface area contributed by atoms with Crippen molar-refractivity contribution in [2.24, 2.45) is 0 Å². The van der Waals surface area contributed by atoms with Crippen LogP contribution in [0.25, 0.3) is 0 Å². The second kappa shape index (κ2) is 10.5. The summed E-state index contributed by atoms with van der Waals surface area (Å²) >= 11 is 0. The number of carbonyl (C=O) groups excluding carboxylic acids is 2. The topological polar surface area (TPSA) is 78.0 Å². The van der Waals surface area contributed by atoms with E-state index in [0.717, 1.165) is 49.8 Å². The van der Waals surface area contributed by atoms with Crippen molar-refractivity contribution in [2.45, 2.75) is 26.3 Å². The van der Waals surface area contributed by atoms with E-state index in [1.807, 2.05) is 42.6 Å². The van der Waals surface area contributed by atoms with Gasteiger partial charge in [-0.15, -0.1) is 0 Å². The molecule has 1 saturated heterocycles. The molecule has 0 radical (unpaired) electrons. The number of amides is 2. The number of para-hydroxylation sites is 2. The Hall–Kier alpha value is -3.13. The summed E-state index contributed by atoms with van der Waals surface area (Å²) in [7, 11) is 0. The first-order valence-electron chi connectivity index (χ1n) is 11.3. The summed E-state index contributed by atoms with van der Waals surface area (Å²) in [5.41, 5.74) is 1.72. The molecule has 1 N–H and O–H groups in total. The molecule has 32 heavy (non-hydrogen) atoms. The van der Waals surface area contributed by atoms with Gasteiger partial charge >= 0.3 is 0 Å². The highest BCUT2D eigenvalue weighted by atomic mass is 16.5. The summed E-state index contributed by atoms with van der Waals surface area (Å²) in [5, 5.41) is 2.89. The fourth-order valence-corrected chi connectivity index (χ4v) is 4.07. The molecule has 2 aromatic rings. The second-order valence-electron chi connectivity index (χ2n) is 8.08. The summed E-state index contributed by atoms with van der Waals surface area (Å²) < 4.78 is 5.59. The van der Waals surface area contributed by atoms with Gasteiger partial charge in [-0.2, -0.15) is 0 Å². The molecule has 0 spiro atoms. The Labute approximate surface area is 189 Å². The molecule has 1 aromatic heterocycles. The molecule has 3 heterocycles. The maximum atomic E-state index is 12.6. The number of likely N-dealkylation sites (N-methyl/N-ethyl adjacent to an activating group) is 1. The van der Waals surface area contributed by atoms with Crippen LogP contribution < -0.4 is 19.9 Å². The van der Waals surface area contributed by atoms with Crippen molar-refractivity contribution in [3.63, 3.8) is 0 Å². The van der Waals surface area contributed by atoms with Crippen LogP contribution in [0.2, 0.25) is 0 Å². The zero-order chi connectivity index (χ0) is 22.3. The third kappa shape index (κ3) is 5.37. The van der Waals surface area contributed by atoms with E-state index < -0.39 is 0 Å². The third-order valence-electron chi connectivity index (χ3n) is 6.04. The normalized spacial score (nSPS) is 16.3. The van der Waals surface area contributed by atoms with Crippen molar-refractivity contribution in [3.8, 4) is 5.75 Å². The number of anilines is 2. The number of rotatable bonds is 7. The first-order valence-corrected chi connectivity index (χ1v) is 11.3. The van der Waals surface area contributed by atoms with Crippen LogP contribution in [0.1, 0.15) is 25.3 Å². The lowest BCUT2D eigenvalue weighted by Gasteiger charge is -2.34. The summed E-state index contributed by atoms with van der Waals surface area (Å²) in [4.78, 5) is 35.9. The van der Waals surface area contributed by atoms with Crippen LogP contribution in [0.3, 0.4) is 0 Å². The number of aromatic nitrogens is 1. The number of benzene rings is 1. The van der Waals surface area contributed by atoms with Gasteiger partial charge in [0.05, 0.1) is 12.2 Å². The maximum Gasteiger partial charge on any atom is 0.227 e. The van der Waals surface area contributed by atoms with E-state index >= 15 is 0 Å². The number of piperazine rings is 1. The van der Waals surface area contributed by atoms with Gasteiger partial charge in [0.25, 0.3) is 0 Å². The minimum atomic E-state index is -0.139. The van der Waals surface area contributed by atoms with Gasteiger partial charge in [-0.05, 0) is 30.3 Å². The number of hydrogen-bond donors (Lipinski definition) is 1. The van der Waals surface area contributed by atoms with Crippen LogP contribution in [0.15, 0.2) is 42.6 Å². The molecule has 8 heteroatoms. The molecule has 170 valence electrons. The first kappa shape index (κ1) is 22.1. The van der Waals surface area contributed by atoms with Gasteiger partial charge in [-0.25, -0.2) is 4.98 Å². The van der Waals surface area contributed by atoms with E-state index in [9.17, 15) is 9.59 Å². The number of nitrogens with one attached hydrogen (secondary N) is 1. The molecular formula is C24H31N5O3. The van der Waals surface area contributed by atoms with Gasteiger partial charge in [0.1, 0.15) is 18.2 Å². The van der Waals surface area contributed by atoms with Gasteiger partial charge in [0.2, 0.25) is 11.8 Å². The van der Waals surface area contributed by atoms with Crippen LogP contribution in [0.4, 0.5) is 11.5 Å². The maximum absolute atomic E-state index is 12.6. The van der Waals surface area contributed by atoms with Gasteiger partial charge in [-0.3, -0.25) is 9.59 Å². The van der Waals surface area contributed by atoms with Crippen molar-refractivity contribution in [1.82, 2.24) is 15.2 Å². The lowest BCUT2D eigenvalue weighted by Crippen LogP contribution is -2.46. The van der Waals surface area contributed by atoms with E-state index in [-0.39, 0.29) is 24.7 Å². The Morgan fingerprint density at radius 1 is 1.03 bits per heavy atom. The SMILES string of the molecule is CCN1CCN(c2ccc(CNC(=O)CCC(=O)N3CCOc4ccccc43)cn2)CC1. The Morgan fingerprint density at radius 3 is 2.59 bits per heavy atom. The Balaban J connectivity index is 1.21. The molecule has 0 unspecified atom stereocenters. The fraction of sp³-hybridized carbons (Fsp3) is 0.458. The minimum absolute atomic E-state index is 0.0647. The first-order chi connectivity index (χ1) is 15.6. The van der Waals surface area contributed by atoms with E-state index in [1.54, 1.807) is 4.90 Å². The zero-order valence-electron chi connectivity index (χ0n) is 18.6. The number of ether oxygens (including phenoxy) is 1. The van der Waals surface area contributed by atoms with Gasteiger partial charge in [-0.1, -0.05) is 25.1 Å². The summed E-state index contributed by atoms with van der Waals surface area (Å²) in [5.74, 6) is 1.48. The zero-order valence-corrected chi connectivity index (χ0v) is 18.6. The quantitative estimate of drug-likeness (QED) is 0.714. The van der Waals surface area contributed by atoms with Crippen molar-refractivity contribution < 1.29 is 14.3 Å². The molecule has 0 atom stereocenters. The molecule has 2 amide bonds. The fourth-order valence-electron chi connectivity index (χ4n) is 4.07. The third-order valence-corrected chi connectivity index (χ3v) is 6.04. The number of pyridine rings is 1.